The molecular weight excluding hydrogens is 188 g/mol. The number of nitrogens with zero attached hydrogens (tertiary/aromatic N) is 1. The van der Waals surface area contributed by atoms with E-state index in [1.165, 1.54) is 13.0 Å². The quantitative estimate of drug-likeness (QED) is 0.750. The molecule has 1 rings (SSSR count). The van der Waals surface area contributed by atoms with Crippen molar-refractivity contribution in [3.63, 3.8) is 0 Å². The molecule has 0 aliphatic carbocycles. The van der Waals surface area contributed by atoms with Crippen molar-refractivity contribution in [2.75, 3.05) is 26.2 Å². The topological polar surface area (TPSA) is 24.5 Å². The van der Waals surface area contributed by atoms with Crippen molar-refractivity contribution in [3.8, 4) is 0 Å². The van der Waals surface area contributed by atoms with Crippen LogP contribution in [-0.2, 0) is 4.74 Å². The fraction of sp³-hybridized carbons (Fsp3) is 1.00. The Hall–Kier alpha value is -0.120. The van der Waals surface area contributed by atoms with Crippen LogP contribution >= 0.6 is 0 Å². The summed E-state index contributed by atoms with van der Waals surface area (Å²) in [6, 6.07) is 0.628. The SMILES string of the molecule is CCNC(C)CCN1C[C@@H](C)O[C@@H](C)C1. The predicted molar refractivity (Wildman–Crippen MR) is 64.2 cm³/mol. The molecule has 90 valence electrons. The minimum atomic E-state index is 0.392. The van der Waals surface area contributed by atoms with Crippen LogP contribution in [0.1, 0.15) is 34.1 Å². The summed E-state index contributed by atoms with van der Waals surface area (Å²) in [6.07, 6.45) is 2.01. The summed E-state index contributed by atoms with van der Waals surface area (Å²) in [5.74, 6) is 0. The first kappa shape index (κ1) is 12.9. The Balaban J connectivity index is 2.20. The van der Waals surface area contributed by atoms with Gasteiger partial charge in [-0.15, -0.1) is 0 Å². The first-order chi connectivity index (χ1) is 7.11. The van der Waals surface area contributed by atoms with Crippen LogP contribution in [0.4, 0.5) is 0 Å². The maximum atomic E-state index is 5.71. The highest BCUT2D eigenvalue weighted by Gasteiger charge is 2.21. The third-order valence-corrected chi connectivity index (χ3v) is 2.93. The lowest BCUT2D eigenvalue weighted by Crippen LogP contribution is -2.46. The van der Waals surface area contributed by atoms with Crippen molar-refractivity contribution in [1.29, 1.82) is 0 Å². The summed E-state index contributed by atoms with van der Waals surface area (Å²) in [5, 5.41) is 3.45. The molecule has 1 aliphatic rings. The molecule has 0 bridgehead atoms. The standard InChI is InChI=1S/C12H26N2O/c1-5-13-10(2)6-7-14-8-11(3)15-12(4)9-14/h10-13H,5-9H2,1-4H3/t10?,11-,12+. The lowest BCUT2D eigenvalue weighted by Gasteiger charge is -2.35. The van der Waals surface area contributed by atoms with Crippen LogP contribution in [0.3, 0.4) is 0 Å². The van der Waals surface area contributed by atoms with E-state index >= 15 is 0 Å². The highest BCUT2D eigenvalue weighted by molar-refractivity contribution is 4.74. The van der Waals surface area contributed by atoms with Crippen LogP contribution in [-0.4, -0.2) is 49.3 Å². The highest BCUT2D eigenvalue weighted by Crippen LogP contribution is 2.11. The van der Waals surface area contributed by atoms with E-state index in [9.17, 15) is 0 Å². The van der Waals surface area contributed by atoms with Crippen molar-refractivity contribution < 1.29 is 4.74 Å². The second kappa shape index (κ2) is 6.46. The molecule has 0 radical (unpaired) electrons. The van der Waals surface area contributed by atoms with E-state index in [0.29, 0.717) is 18.2 Å². The zero-order valence-electron chi connectivity index (χ0n) is 10.6. The lowest BCUT2D eigenvalue weighted by atomic mass is 10.2. The average Bonchev–Trinajstić information content (AvgIpc) is 2.14. The molecule has 0 aromatic heterocycles. The Morgan fingerprint density at radius 2 is 1.93 bits per heavy atom. The van der Waals surface area contributed by atoms with Gasteiger partial charge in [0.05, 0.1) is 12.2 Å². The van der Waals surface area contributed by atoms with Gasteiger partial charge in [-0.25, -0.2) is 0 Å². The Bertz CT molecular complexity index is 165. The molecule has 0 aromatic rings. The second-order valence-corrected chi connectivity index (χ2v) is 4.76. The van der Waals surface area contributed by atoms with Gasteiger partial charge in [0.25, 0.3) is 0 Å². The number of ether oxygens (including phenoxy) is 1. The Morgan fingerprint density at radius 3 is 2.47 bits per heavy atom. The van der Waals surface area contributed by atoms with Gasteiger partial charge in [-0.2, -0.15) is 0 Å². The minimum Gasteiger partial charge on any atom is -0.373 e. The van der Waals surface area contributed by atoms with Crippen LogP contribution in [0.5, 0.6) is 0 Å². The van der Waals surface area contributed by atoms with Crippen molar-refractivity contribution in [3.05, 3.63) is 0 Å². The summed E-state index contributed by atoms with van der Waals surface area (Å²) in [6.45, 7) is 13.2. The van der Waals surface area contributed by atoms with Crippen molar-refractivity contribution in [1.82, 2.24) is 10.2 Å². The molecule has 1 N–H and O–H groups in total. The highest BCUT2D eigenvalue weighted by atomic mass is 16.5. The number of hydrogen-bond acceptors (Lipinski definition) is 3. The van der Waals surface area contributed by atoms with Crippen LogP contribution in [0.2, 0.25) is 0 Å². The van der Waals surface area contributed by atoms with Gasteiger partial charge in [0.1, 0.15) is 0 Å². The summed E-state index contributed by atoms with van der Waals surface area (Å²) in [7, 11) is 0. The van der Waals surface area contributed by atoms with Crippen LogP contribution in [0.15, 0.2) is 0 Å². The molecule has 3 atom stereocenters. The van der Waals surface area contributed by atoms with Gasteiger partial charge in [-0.1, -0.05) is 6.92 Å². The molecule has 0 amide bonds. The van der Waals surface area contributed by atoms with Gasteiger partial charge < -0.3 is 10.1 Å². The smallest absolute Gasteiger partial charge is 0.0678 e. The van der Waals surface area contributed by atoms with Gasteiger partial charge in [-0.05, 0) is 40.3 Å². The van der Waals surface area contributed by atoms with E-state index in [2.05, 4.69) is 37.9 Å². The molecule has 0 aromatic carbocycles. The molecule has 0 saturated carbocycles. The molecule has 0 spiro atoms. The summed E-state index contributed by atoms with van der Waals surface area (Å²) >= 11 is 0. The molecule has 1 saturated heterocycles. The predicted octanol–water partition coefficient (Wildman–Crippen LogP) is 1.48. The van der Waals surface area contributed by atoms with Gasteiger partial charge in [0.15, 0.2) is 0 Å². The maximum absolute atomic E-state index is 5.71. The van der Waals surface area contributed by atoms with Crippen molar-refractivity contribution in [2.45, 2.75) is 52.4 Å². The van der Waals surface area contributed by atoms with E-state index in [-0.39, 0.29) is 0 Å². The number of nitrogens with one attached hydrogen (secondary N) is 1. The van der Waals surface area contributed by atoms with Gasteiger partial charge >= 0.3 is 0 Å². The van der Waals surface area contributed by atoms with Crippen molar-refractivity contribution in [2.24, 2.45) is 0 Å². The Morgan fingerprint density at radius 1 is 1.33 bits per heavy atom. The first-order valence-electron chi connectivity index (χ1n) is 6.23. The molecule has 3 nitrogen and oxygen atoms in total. The summed E-state index contributed by atoms with van der Waals surface area (Å²) in [4.78, 5) is 2.52. The molecular formula is C12H26N2O. The van der Waals surface area contributed by atoms with E-state index in [1.807, 2.05) is 0 Å². The Kier molecular flexibility index (Phi) is 5.58. The molecule has 15 heavy (non-hydrogen) atoms. The first-order valence-corrected chi connectivity index (χ1v) is 6.23. The maximum Gasteiger partial charge on any atom is 0.0678 e. The van der Waals surface area contributed by atoms with Crippen LogP contribution in [0, 0.1) is 0 Å². The Labute approximate surface area is 94.2 Å². The molecule has 1 unspecified atom stereocenters. The second-order valence-electron chi connectivity index (χ2n) is 4.76. The number of hydrogen-bond donors (Lipinski definition) is 1. The fourth-order valence-electron chi connectivity index (χ4n) is 2.29. The van der Waals surface area contributed by atoms with E-state index in [0.717, 1.165) is 19.6 Å². The fourth-order valence-corrected chi connectivity index (χ4v) is 2.29. The van der Waals surface area contributed by atoms with E-state index in [4.69, 9.17) is 4.74 Å². The molecule has 1 heterocycles. The van der Waals surface area contributed by atoms with Gasteiger partial charge in [0.2, 0.25) is 0 Å². The molecule has 1 fully saturated rings. The van der Waals surface area contributed by atoms with E-state index in [1.54, 1.807) is 0 Å². The van der Waals surface area contributed by atoms with Crippen molar-refractivity contribution >= 4 is 0 Å². The van der Waals surface area contributed by atoms with E-state index < -0.39 is 0 Å². The zero-order chi connectivity index (χ0) is 11.3. The normalized spacial score (nSPS) is 30.4. The summed E-state index contributed by atoms with van der Waals surface area (Å²) in [5.41, 5.74) is 0. The average molecular weight is 214 g/mol. The summed E-state index contributed by atoms with van der Waals surface area (Å²) < 4.78 is 5.71. The largest absolute Gasteiger partial charge is 0.373 e. The molecule has 1 aliphatic heterocycles. The zero-order valence-corrected chi connectivity index (χ0v) is 10.6. The third kappa shape index (κ3) is 4.96. The lowest BCUT2D eigenvalue weighted by molar-refractivity contribution is -0.0684. The third-order valence-electron chi connectivity index (χ3n) is 2.93. The number of morpholine rings is 1. The van der Waals surface area contributed by atoms with Crippen LogP contribution < -0.4 is 5.32 Å². The van der Waals surface area contributed by atoms with Gasteiger partial charge in [-0.3, -0.25) is 4.90 Å². The minimum absolute atomic E-state index is 0.392. The molecule has 3 heteroatoms. The van der Waals surface area contributed by atoms with Crippen LogP contribution in [0.25, 0.3) is 0 Å². The monoisotopic (exact) mass is 214 g/mol. The van der Waals surface area contributed by atoms with Gasteiger partial charge in [0, 0.05) is 19.1 Å². The number of rotatable bonds is 5.